The zero-order valence-corrected chi connectivity index (χ0v) is 17.2. The number of para-hydroxylation sites is 2. The molecule has 2 heterocycles. The molecular formula is C21H31N5O2. The molecule has 7 nitrogen and oxygen atoms in total. The van der Waals surface area contributed by atoms with Crippen molar-refractivity contribution in [1.82, 2.24) is 15.8 Å². The van der Waals surface area contributed by atoms with Crippen LogP contribution in [0.15, 0.2) is 39.8 Å². The van der Waals surface area contributed by atoms with E-state index in [0.29, 0.717) is 18.5 Å². The number of nitrogens with zero attached hydrogens (tertiary/aromatic N) is 3. The average Bonchev–Trinajstić information content (AvgIpc) is 3.20. The summed E-state index contributed by atoms with van der Waals surface area (Å²) in [6.45, 7) is 6.70. The smallest absolute Gasteiger partial charge is 0.191 e. The van der Waals surface area contributed by atoms with Gasteiger partial charge in [0.25, 0.3) is 0 Å². The molecule has 0 amide bonds. The summed E-state index contributed by atoms with van der Waals surface area (Å²) in [5.74, 6) is 2.86. The topological polar surface area (TPSA) is 74.9 Å². The molecule has 1 aromatic carbocycles. The van der Waals surface area contributed by atoms with Crippen molar-refractivity contribution >= 4 is 11.6 Å². The monoisotopic (exact) mass is 385 g/mol. The van der Waals surface area contributed by atoms with Crippen molar-refractivity contribution < 1.29 is 9.26 Å². The van der Waals surface area contributed by atoms with Crippen LogP contribution in [0.1, 0.15) is 44.1 Å². The van der Waals surface area contributed by atoms with E-state index in [2.05, 4.69) is 51.7 Å². The minimum absolute atomic E-state index is 0.311. The lowest BCUT2D eigenvalue weighted by molar-refractivity contribution is 0.371. The van der Waals surface area contributed by atoms with Crippen molar-refractivity contribution in [1.29, 1.82) is 0 Å². The van der Waals surface area contributed by atoms with Gasteiger partial charge in [0.05, 0.1) is 25.0 Å². The van der Waals surface area contributed by atoms with Crippen molar-refractivity contribution in [2.75, 3.05) is 32.1 Å². The molecule has 3 rings (SSSR count). The van der Waals surface area contributed by atoms with E-state index in [0.717, 1.165) is 54.8 Å². The highest BCUT2D eigenvalue weighted by Gasteiger charge is 2.23. The predicted octanol–water partition coefficient (Wildman–Crippen LogP) is 3.14. The molecule has 152 valence electrons. The molecule has 2 aromatic rings. The SMILES string of the molecule is CN=C(NCc1cc(C(C)C)no1)NC1CCCN(c2ccccc2OC)C1. The summed E-state index contributed by atoms with van der Waals surface area (Å²) in [6, 6.07) is 10.5. The Kier molecular flexibility index (Phi) is 6.79. The predicted molar refractivity (Wildman–Crippen MR) is 112 cm³/mol. The molecule has 1 fully saturated rings. The fourth-order valence-corrected chi connectivity index (χ4v) is 3.45. The lowest BCUT2D eigenvalue weighted by Crippen LogP contribution is -2.51. The summed E-state index contributed by atoms with van der Waals surface area (Å²) in [5.41, 5.74) is 2.11. The fraction of sp³-hybridized carbons (Fsp3) is 0.524. The van der Waals surface area contributed by atoms with Crippen LogP contribution in [-0.4, -0.2) is 44.4 Å². The molecule has 7 heteroatoms. The maximum absolute atomic E-state index is 5.53. The van der Waals surface area contributed by atoms with Crippen LogP contribution in [0.25, 0.3) is 0 Å². The van der Waals surface area contributed by atoms with Crippen LogP contribution in [0.3, 0.4) is 0 Å². The number of rotatable bonds is 6. The quantitative estimate of drug-likeness (QED) is 0.588. The van der Waals surface area contributed by atoms with Crippen molar-refractivity contribution in [3.63, 3.8) is 0 Å². The highest BCUT2D eigenvalue weighted by molar-refractivity contribution is 5.80. The molecule has 1 atom stereocenters. The lowest BCUT2D eigenvalue weighted by atomic mass is 10.0. The van der Waals surface area contributed by atoms with E-state index in [1.54, 1.807) is 14.2 Å². The van der Waals surface area contributed by atoms with Gasteiger partial charge in [0, 0.05) is 32.2 Å². The molecule has 0 bridgehead atoms. The lowest BCUT2D eigenvalue weighted by Gasteiger charge is -2.36. The van der Waals surface area contributed by atoms with E-state index in [9.17, 15) is 0 Å². The van der Waals surface area contributed by atoms with Crippen LogP contribution in [0.5, 0.6) is 5.75 Å². The normalized spacial score (nSPS) is 17.7. The highest BCUT2D eigenvalue weighted by Crippen LogP contribution is 2.29. The number of guanidine groups is 1. The van der Waals surface area contributed by atoms with Gasteiger partial charge in [0.2, 0.25) is 0 Å². The van der Waals surface area contributed by atoms with E-state index >= 15 is 0 Å². The minimum atomic E-state index is 0.311. The van der Waals surface area contributed by atoms with Gasteiger partial charge in [-0.25, -0.2) is 0 Å². The standard InChI is InChI=1S/C21H31N5O2/c1-15(2)18-12-17(28-25-18)13-23-21(22-3)24-16-8-7-11-26(14-16)19-9-5-6-10-20(19)27-4/h5-6,9-10,12,15-16H,7-8,11,13-14H2,1-4H3,(H2,22,23,24). The number of aromatic nitrogens is 1. The van der Waals surface area contributed by atoms with Gasteiger partial charge in [0.1, 0.15) is 5.75 Å². The largest absolute Gasteiger partial charge is 0.495 e. The van der Waals surface area contributed by atoms with Crippen molar-refractivity contribution in [3.05, 3.63) is 41.8 Å². The minimum Gasteiger partial charge on any atom is -0.495 e. The van der Waals surface area contributed by atoms with Crippen LogP contribution in [0.2, 0.25) is 0 Å². The molecule has 0 aliphatic carbocycles. The van der Waals surface area contributed by atoms with Gasteiger partial charge in [-0.1, -0.05) is 31.1 Å². The molecule has 1 saturated heterocycles. The van der Waals surface area contributed by atoms with Crippen molar-refractivity contribution in [2.45, 2.75) is 45.2 Å². The second-order valence-electron chi connectivity index (χ2n) is 7.40. The zero-order chi connectivity index (χ0) is 19.9. The Morgan fingerprint density at radius 3 is 2.93 bits per heavy atom. The van der Waals surface area contributed by atoms with Gasteiger partial charge in [-0.2, -0.15) is 0 Å². The van der Waals surface area contributed by atoms with Gasteiger partial charge >= 0.3 is 0 Å². The van der Waals surface area contributed by atoms with Crippen LogP contribution in [0, 0.1) is 0 Å². The zero-order valence-electron chi connectivity index (χ0n) is 17.2. The van der Waals surface area contributed by atoms with Crippen LogP contribution < -0.4 is 20.3 Å². The Balaban J connectivity index is 1.56. The van der Waals surface area contributed by atoms with Gasteiger partial charge < -0.3 is 24.8 Å². The van der Waals surface area contributed by atoms with Gasteiger partial charge in [-0.15, -0.1) is 0 Å². The molecule has 0 spiro atoms. The third kappa shape index (κ3) is 4.97. The third-order valence-electron chi connectivity index (χ3n) is 5.01. The highest BCUT2D eigenvalue weighted by atomic mass is 16.5. The molecule has 1 aromatic heterocycles. The first-order valence-corrected chi connectivity index (χ1v) is 9.91. The number of ether oxygens (including phenoxy) is 1. The maximum Gasteiger partial charge on any atom is 0.191 e. The summed E-state index contributed by atoms with van der Waals surface area (Å²) in [7, 11) is 3.51. The van der Waals surface area contributed by atoms with E-state index < -0.39 is 0 Å². The Morgan fingerprint density at radius 2 is 2.21 bits per heavy atom. The van der Waals surface area contributed by atoms with Gasteiger partial charge in [0.15, 0.2) is 11.7 Å². The van der Waals surface area contributed by atoms with Gasteiger partial charge in [-0.3, -0.25) is 4.99 Å². The number of piperidine rings is 1. The first-order valence-electron chi connectivity index (χ1n) is 9.91. The number of hydrogen-bond donors (Lipinski definition) is 2. The molecule has 1 aliphatic rings. The number of aliphatic imine (C=N–C) groups is 1. The van der Waals surface area contributed by atoms with Gasteiger partial charge in [-0.05, 0) is 30.9 Å². The van der Waals surface area contributed by atoms with E-state index in [-0.39, 0.29) is 0 Å². The second-order valence-corrected chi connectivity index (χ2v) is 7.40. The van der Waals surface area contributed by atoms with Crippen LogP contribution in [-0.2, 0) is 6.54 Å². The second kappa shape index (κ2) is 9.48. The van der Waals surface area contributed by atoms with Crippen molar-refractivity contribution in [3.8, 4) is 5.75 Å². The van der Waals surface area contributed by atoms with E-state index in [1.807, 2.05) is 18.2 Å². The molecule has 0 saturated carbocycles. The number of methoxy groups -OCH3 is 1. The van der Waals surface area contributed by atoms with E-state index in [4.69, 9.17) is 9.26 Å². The fourth-order valence-electron chi connectivity index (χ4n) is 3.45. The summed E-state index contributed by atoms with van der Waals surface area (Å²) in [5, 5.41) is 11.0. The van der Waals surface area contributed by atoms with E-state index in [1.165, 1.54) is 0 Å². The molecule has 1 aliphatic heterocycles. The first-order chi connectivity index (χ1) is 13.6. The number of hydrogen-bond acceptors (Lipinski definition) is 5. The Bertz CT molecular complexity index is 787. The average molecular weight is 386 g/mol. The summed E-state index contributed by atoms with van der Waals surface area (Å²) in [6.07, 6.45) is 2.22. The summed E-state index contributed by atoms with van der Waals surface area (Å²) >= 11 is 0. The Labute approximate surface area is 167 Å². The van der Waals surface area contributed by atoms with Crippen LogP contribution >= 0.6 is 0 Å². The van der Waals surface area contributed by atoms with Crippen LogP contribution in [0.4, 0.5) is 5.69 Å². The molecule has 0 radical (unpaired) electrons. The molecular weight excluding hydrogens is 354 g/mol. The van der Waals surface area contributed by atoms with Crippen molar-refractivity contribution in [2.24, 2.45) is 4.99 Å². The third-order valence-corrected chi connectivity index (χ3v) is 5.01. The Hall–Kier alpha value is -2.70. The maximum atomic E-state index is 5.53. The molecule has 2 N–H and O–H groups in total. The summed E-state index contributed by atoms with van der Waals surface area (Å²) in [4.78, 5) is 6.73. The number of nitrogens with one attached hydrogen (secondary N) is 2. The molecule has 28 heavy (non-hydrogen) atoms. The number of anilines is 1. The summed E-state index contributed by atoms with van der Waals surface area (Å²) < 4.78 is 10.9. The molecule has 1 unspecified atom stereocenters. The Morgan fingerprint density at radius 1 is 1.39 bits per heavy atom. The number of benzene rings is 1. The first kappa shape index (κ1) is 20.0.